The molecule has 2 fully saturated rings. The number of rotatable bonds is 6. The maximum Gasteiger partial charge on any atom is 0.304 e. The monoisotopic (exact) mass is 543 g/mol. The topological polar surface area (TPSA) is 79.0 Å². The van der Waals surface area contributed by atoms with Gasteiger partial charge in [0.05, 0.1) is 5.02 Å². The molecular weight excluding hydrogens is 516 g/mol. The Bertz CT molecular complexity index is 1160. The number of carbonyl (C=O) groups excluding carboxylic acids is 1. The average Bonchev–Trinajstić information content (AvgIpc) is 2.85. The van der Waals surface area contributed by atoms with Crippen molar-refractivity contribution in [1.29, 1.82) is 0 Å². The summed E-state index contributed by atoms with van der Waals surface area (Å²) in [5.74, 6) is -0.621. The Morgan fingerprint density at radius 1 is 1.00 bits per heavy atom. The van der Waals surface area contributed by atoms with E-state index in [1.54, 1.807) is 12.1 Å². The zero-order valence-corrected chi connectivity index (χ0v) is 21.7. The summed E-state index contributed by atoms with van der Waals surface area (Å²) in [7, 11) is -3.97. The molecule has 0 spiro atoms. The number of likely N-dealkylation sites (tertiary alicyclic amines) is 1. The highest BCUT2D eigenvalue weighted by atomic mass is 35.5. The fourth-order valence-electron chi connectivity index (χ4n) is 4.56. The van der Waals surface area contributed by atoms with E-state index in [9.17, 15) is 17.6 Å². The molecule has 0 bridgehead atoms. The first-order chi connectivity index (χ1) is 16.6. The van der Waals surface area contributed by atoms with Gasteiger partial charge in [-0.25, -0.2) is 9.11 Å². The second-order valence-electron chi connectivity index (χ2n) is 8.91. The van der Waals surface area contributed by atoms with E-state index in [0.717, 1.165) is 43.6 Å². The van der Waals surface area contributed by atoms with Crippen LogP contribution in [0, 0.1) is 12.7 Å². The second kappa shape index (κ2) is 11.0. The minimum atomic E-state index is -3.97. The Morgan fingerprint density at radius 2 is 1.63 bits per heavy atom. The molecule has 0 aliphatic carbocycles. The van der Waals surface area contributed by atoms with Gasteiger partial charge in [-0.05, 0) is 74.6 Å². The number of amides is 1. The first-order valence-electron chi connectivity index (χ1n) is 11.6. The van der Waals surface area contributed by atoms with Gasteiger partial charge in [0, 0.05) is 42.8 Å². The van der Waals surface area contributed by atoms with Crippen molar-refractivity contribution in [2.24, 2.45) is 0 Å². The van der Waals surface area contributed by atoms with Crippen LogP contribution >= 0.6 is 23.2 Å². The van der Waals surface area contributed by atoms with E-state index < -0.39 is 21.9 Å². The SMILES string of the molecule is Cc1c(Cl)ccc(OC2CCN(C3CCN(S(=O)(=O)NC(=O)c4ccc(F)cc4)CC3)CC2)c1Cl. The third-order valence-corrected chi connectivity index (χ3v) is 9.03. The Hall–Kier alpha value is -1.91. The number of hydrogen-bond donors (Lipinski definition) is 1. The normalized spacial score (nSPS) is 19.0. The predicted molar refractivity (Wildman–Crippen MR) is 134 cm³/mol. The largest absolute Gasteiger partial charge is 0.489 e. The lowest BCUT2D eigenvalue weighted by atomic mass is 10.00. The summed E-state index contributed by atoms with van der Waals surface area (Å²) < 4.78 is 47.9. The smallest absolute Gasteiger partial charge is 0.304 e. The van der Waals surface area contributed by atoms with E-state index in [-0.39, 0.29) is 17.7 Å². The van der Waals surface area contributed by atoms with Gasteiger partial charge in [-0.1, -0.05) is 23.2 Å². The number of halogens is 3. The molecule has 2 aliphatic heterocycles. The van der Waals surface area contributed by atoms with Crippen LogP contribution in [0.3, 0.4) is 0 Å². The van der Waals surface area contributed by atoms with Crippen LogP contribution in [-0.4, -0.2) is 61.9 Å². The molecule has 0 aromatic heterocycles. The summed E-state index contributed by atoms with van der Waals surface area (Å²) in [6.45, 7) is 4.22. The minimum Gasteiger partial charge on any atom is -0.489 e. The molecule has 1 N–H and O–H groups in total. The summed E-state index contributed by atoms with van der Waals surface area (Å²) in [5.41, 5.74) is 0.892. The fourth-order valence-corrected chi connectivity index (χ4v) is 6.14. The highest BCUT2D eigenvalue weighted by molar-refractivity contribution is 7.87. The molecule has 0 atom stereocenters. The van der Waals surface area contributed by atoms with Crippen molar-refractivity contribution in [3.05, 3.63) is 63.4 Å². The summed E-state index contributed by atoms with van der Waals surface area (Å²) in [4.78, 5) is 14.7. The van der Waals surface area contributed by atoms with E-state index >= 15 is 0 Å². The number of piperidine rings is 2. The average molecular weight is 544 g/mol. The Morgan fingerprint density at radius 3 is 2.26 bits per heavy atom. The summed E-state index contributed by atoms with van der Waals surface area (Å²) >= 11 is 12.5. The molecular formula is C24H28Cl2FN3O4S. The molecule has 0 unspecified atom stereocenters. The maximum atomic E-state index is 13.1. The van der Waals surface area contributed by atoms with Gasteiger partial charge in [-0.15, -0.1) is 0 Å². The number of ether oxygens (including phenoxy) is 1. The first kappa shape index (κ1) is 26.2. The Labute approximate surface area is 215 Å². The summed E-state index contributed by atoms with van der Waals surface area (Å²) in [5, 5.41) is 1.15. The van der Waals surface area contributed by atoms with Gasteiger partial charge in [0.2, 0.25) is 0 Å². The fraction of sp³-hybridized carbons (Fsp3) is 0.458. The lowest BCUT2D eigenvalue weighted by molar-refractivity contribution is 0.0584. The molecule has 2 aromatic rings. The molecule has 1 amide bonds. The van der Waals surface area contributed by atoms with E-state index in [1.165, 1.54) is 16.4 Å². The molecule has 0 saturated carbocycles. The molecule has 2 saturated heterocycles. The van der Waals surface area contributed by atoms with Gasteiger partial charge in [0.25, 0.3) is 5.91 Å². The van der Waals surface area contributed by atoms with Gasteiger partial charge in [0.15, 0.2) is 0 Å². The predicted octanol–water partition coefficient (Wildman–Crippen LogP) is 4.42. The highest BCUT2D eigenvalue weighted by Gasteiger charge is 2.33. The molecule has 190 valence electrons. The van der Waals surface area contributed by atoms with Crippen molar-refractivity contribution in [3.8, 4) is 5.75 Å². The third-order valence-electron chi connectivity index (χ3n) is 6.66. The van der Waals surface area contributed by atoms with Gasteiger partial charge >= 0.3 is 10.2 Å². The second-order valence-corrected chi connectivity index (χ2v) is 11.4. The third kappa shape index (κ3) is 6.27. The van der Waals surface area contributed by atoms with Crippen LogP contribution in [0.25, 0.3) is 0 Å². The van der Waals surface area contributed by atoms with Gasteiger partial charge < -0.3 is 9.64 Å². The van der Waals surface area contributed by atoms with E-state index in [4.69, 9.17) is 27.9 Å². The summed E-state index contributed by atoms with van der Waals surface area (Å²) in [6, 6.07) is 8.60. The maximum absolute atomic E-state index is 13.1. The van der Waals surface area contributed by atoms with E-state index in [2.05, 4.69) is 9.62 Å². The quantitative estimate of drug-likeness (QED) is 0.583. The molecule has 2 aromatic carbocycles. The zero-order valence-electron chi connectivity index (χ0n) is 19.3. The van der Waals surface area contributed by atoms with Gasteiger partial charge in [-0.2, -0.15) is 12.7 Å². The molecule has 0 radical (unpaired) electrons. The van der Waals surface area contributed by atoms with Crippen molar-refractivity contribution in [2.75, 3.05) is 26.2 Å². The van der Waals surface area contributed by atoms with Crippen LogP contribution in [0.15, 0.2) is 36.4 Å². The van der Waals surface area contributed by atoms with Crippen LogP contribution in [-0.2, 0) is 10.2 Å². The van der Waals surface area contributed by atoms with Crippen LogP contribution in [0.5, 0.6) is 5.75 Å². The number of hydrogen-bond acceptors (Lipinski definition) is 5. The Balaban J connectivity index is 1.25. The summed E-state index contributed by atoms with van der Waals surface area (Å²) in [6.07, 6.45) is 3.12. The number of carbonyl (C=O) groups is 1. The van der Waals surface area contributed by atoms with Gasteiger partial charge in [-0.3, -0.25) is 4.79 Å². The first-order valence-corrected chi connectivity index (χ1v) is 13.8. The zero-order chi connectivity index (χ0) is 25.2. The van der Waals surface area contributed by atoms with E-state index in [0.29, 0.717) is 41.7 Å². The lowest BCUT2D eigenvalue weighted by Gasteiger charge is -2.41. The van der Waals surface area contributed by atoms with Crippen molar-refractivity contribution >= 4 is 39.3 Å². The van der Waals surface area contributed by atoms with Crippen LogP contribution in [0.2, 0.25) is 10.0 Å². The molecule has 4 rings (SSSR count). The lowest BCUT2D eigenvalue weighted by Crippen LogP contribution is -2.52. The van der Waals surface area contributed by atoms with Crippen molar-refractivity contribution in [2.45, 2.75) is 44.8 Å². The van der Waals surface area contributed by atoms with Crippen molar-refractivity contribution in [3.63, 3.8) is 0 Å². The number of nitrogens with zero attached hydrogens (tertiary/aromatic N) is 2. The molecule has 11 heteroatoms. The van der Waals surface area contributed by atoms with Crippen LogP contribution in [0.4, 0.5) is 4.39 Å². The van der Waals surface area contributed by atoms with Crippen molar-refractivity contribution in [1.82, 2.24) is 13.9 Å². The van der Waals surface area contributed by atoms with Gasteiger partial charge in [0.1, 0.15) is 17.7 Å². The number of benzene rings is 2. The standard InChI is InChI=1S/C24H28Cl2FN3O4S/c1-16-21(25)6-7-22(23(16)26)34-20-10-12-29(13-11-20)19-8-14-30(15-9-19)35(32,33)28-24(31)17-2-4-18(27)5-3-17/h2-7,19-20H,8-15H2,1H3,(H,28,31). The van der Waals surface area contributed by atoms with E-state index in [1.807, 2.05) is 6.92 Å². The highest BCUT2D eigenvalue weighted by Crippen LogP contribution is 2.34. The minimum absolute atomic E-state index is 0.0615. The molecule has 7 nitrogen and oxygen atoms in total. The molecule has 35 heavy (non-hydrogen) atoms. The molecule has 2 aliphatic rings. The Kier molecular flexibility index (Phi) is 8.23. The van der Waals surface area contributed by atoms with Crippen molar-refractivity contribution < 1.29 is 22.3 Å². The van der Waals surface area contributed by atoms with Crippen LogP contribution < -0.4 is 9.46 Å². The number of nitrogens with one attached hydrogen (secondary N) is 1. The van der Waals surface area contributed by atoms with Crippen LogP contribution in [0.1, 0.15) is 41.6 Å². The molecule has 2 heterocycles.